The fourth-order valence-corrected chi connectivity index (χ4v) is 2.70. The lowest BCUT2D eigenvalue weighted by Crippen LogP contribution is -2.11. The van der Waals surface area contributed by atoms with Crippen LogP contribution in [0.5, 0.6) is 0 Å². The predicted molar refractivity (Wildman–Crippen MR) is 131 cm³/mol. The molecule has 1 rings (SSSR count). The van der Waals surface area contributed by atoms with E-state index in [-0.39, 0.29) is 5.91 Å². The molecule has 0 aliphatic heterocycles. The molecular formula is C27H38N2O. The van der Waals surface area contributed by atoms with Gasteiger partial charge < -0.3 is 11.1 Å². The molecule has 0 aromatic heterocycles. The van der Waals surface area contributed by atoms with Crippen molar-refractivity contribution in [1.29, 1.82) is 0 Å². The van der Waals surface area contributed by atoms with E-state index in [1.54, 1.807) is 0 Å². The Morgan fingerprint density at radius 1 is 0.800 bits per heavy atom. The maximum atomic E-state index is 11.9. The third-order valence-electron chi connectivity index (χ3n) is 4.41. The highest BCUT2D eigenvalue weighted by Crippen LogP contribution is 2.10. The molecule has 0 spiro atoms. The van der Waals surface area contributed by atoms with Crippen molar-refractivity contribution in [2.24, 2.45) is 5.73 Å². The van der Waals surface area contributed by atoms with Gasteiger partial charge in [-0.2, -0.15) is 0 Å². The fraction of sp³-hybridized carbons (Fsp3) is 0.370. The van der Waals surface area contributed by atoms with Crippen LogP contribution in [0.4, 0.5) is 5.69 Å². The first-order valence-electron chi connectivity index (χ1n) is 11.1. The Bertz CT molecular complexity index is 709. The molecule has 0 unspecified atom stereocenters. The SMILES string of the molecule is CCC=CCC=CCC=CCC=CCC=CCCCC(=O)Nc1ccc(CN)cc1. The summed E-state index contributed by atoms with van der Waals surface area (Å²) in [6.45, 7) is 2.67. The van der Waals surface area contributed by atoms with E-state index < -0.39 is 0 Å². The molecule has 3 N–H and O–H groups in total. The first kappa shape index (κ1) is 25.4. The Labute approximate surface area is 183 Å². The number of hydrogen-bond acceptors (Lipinski definition) is 2. The molecule has 0 aliphatic carbocycles. The van der Waals surface area contributed by atoms with Crippen LogP contribution in [0, 0.1) is 0 Å². The van der Waals surface area contributed by atoms with Crippen LogP contribution in [-0.4, -0.2) is 5.91 Å². The van der Waals surface area contributed by atoms with E-state index in [2.05, 4.69) is 73.0 Å². The van der Waals surface area contributed by atoms with Crippen molar-refractivity contribution in [3.05, 3.63) is 90.6 Å². The van der Waals surface area contributed by atoms with Crippen molar-refractivity contribution in [1.82, 2.24) is 0 Å². The summed E-state index contributed by atoms with van der Waals surface area (Å²) in [5.74, 6) is 0.0582. The monoisotopic (exact) mass is 406 g/mol. The molecular weight excluding hydrogens is 368 g/mol. The summed E-state index contributed by atoms with van der Waals surface area (Å²) >= 11 is 0. The van der Waals surface area contributed by atoms with Gasteiger partial charge in [0.15, 0.2) is 0 Å². The fourth-order valence-electron chi connectivity index (χ4n) is 2.70. The summed E-state index contributed by atoms with van der Waals surface area (Å²) in [5.41, 5.74) is 7.46. The van der Waals surface area contributed by atoms with E-state index in [4.69, 9.17) is 5.73 Å². The molecule has 0 saturated heterocycles. The zero-order chi connectivity index (χ0) is 21.7. The molecule has 162 valence electrons. The van der Waals surface area contributed by atoms with Crippen LogP contribution >= 0.6 is 0 Å². The van der Waals surface area contributed by atoms with Crippen molar-refractivity contribution in [2.45, 2.75) is 64.8 Å². The van der Waals surface area contributed by atoms with Crippen LogP contribution in [-0.2, 0) is 11.3 Å². The van der Waals surface area contributed by atoms with Gasteiger partial charge >= 0.3 is 0 Å². The number of carbonyl (C=O) groups excluding carboxylic acids is 1. The van der Waals surface area contributed by atoms with Crippen molar-refractivity contribution in [2.75, 3.05) is 5.32 Å². The summed E-state index contributed by atoms with van der Waals surface area (Å²) in [4.78, 5) is 11.9. The maximum absolute atomic E-state index is 11.9. The van der Waals surface area contributed by atoms with Gasteiger partial charge in [-0.25, -0.2) is 0 Å². The molecule has 0 saturated carbocycles. The van der Waals surface area contributed by atoms with Gasteiger partial charge in [0, 0.05) is 18.7 Å². The van der Waals surface area contributed by atoms with Crippen molar-refractivity contribution in [3.8, 4) is 0 Å². The number of carbonyl (C=O) groups is 1. The minimum atomic E-state index is 0.0582. The molecule has 1 aromatic carbocycles. The molecule has 0 radical (unpaired) electrons. The molecule has 30 heavy (non-hydrogen) atoms. The lowest BCUT2D eigenvalue weighted by atomic mass is 10.2. The minimum Gasteiger partial charge on any atom is -0.326 e. The highest BCUT2D eigenvalue weighted by molar-refractivity contribution is 5.90. The summed E-state index contributed by atoms with van der Waals surface area (Å²) in [5, 5.41) is 2.92. The van der Waals surface area contributed by atoms with E-state index in [0.717, 1.165) is 56.2 Å². The van der Waals surface area contributed by atoms with E-state index in [1.807, 2.05) is 24.3 Å². The Balaban J connectivity index is 2.02. The van der Waals surface area contributed by atoms with E-state index in [1.165, 1.54) is 0 Å². The van der Waals surface area contributed by atoms with Gasteiger partial charge in [-0.15, -0.1) is 0 Å². The Morgan fingerprint density at radius 3 is 1.80 bits per heavy atom. The van der Waals surface area contributed by atoms with Gasteiger partial charge in [-0.05, 0) is 62.6 Å². The van der Waals surface area contributed by atoms with Crippen LogP contribution in [0.1, 0.15) is 63.9 Å². The lowest BCUT2D eigenvalue weighted by molar-refractivity contribution is -0.116. The zero-order valence-corrected chi connectivity index (χ0v) is 18.4. The number of unbranched alkanes of at least 4 members (excludes halogenated alkanes) is 1. The number of nitrogens with one attached hydrogen (secondary N) is 1. The highest BCUT2D eigenvalue weighted by Gasteiger charge is 2.01. The number of rotatable bonds is 15. The van der Waals surface area contributed by atoms with E-state index in [9.17, 15) is 4.79 Å². The lowest BCUT2D eigenvalue weighted by Gasteiger charge is -2.05. The number of allylic oxidation sites excluding steroid dienone is 10. The van der Waals surface area contributed by atoms with Crippen LogP contribution in [0.25, 0.3) is 0 Å². The maximum Gasteiger partial charge on any atom is 0.224 e. The molecule has 3 nitrogen and oxygen atoms in total. The molecule has 3 heteroatoms. The van der Waals surface area contributed by atoms with Gasteiger partial charge in [0.1, 0.15) is 0 Å². The van der Waals surface area contributed by atoms with Crippen LogP contribution in [0.3, 0.4) is 0 Å². The standard InChI is InChI=1S/C27H38N2O/c1-2-3-4-5-6-7-8-9-10-11-12-13-14-15-16-17-18-19-27(30)29-26-22-20-25(24-28)21-23-26/h3-4,6-7,9-10,12-13,15-16,20-23H,2,5,8,11,14,17-19,24,28H2,1H3,(H,29,30). The minimum absolute atomic E-state index is 0.0582. The highest BCUT2D eigenvalue weighted by atomic mass is 16.1. The first-order valence-corrected chi connectivity index (χ1v) is 11.1. The second-order valence-electron chi connectivity index (χ2n) is 7.05. The van der Waals surface area contributed by atoms with Crippen molar-refractivity contribution in [3.63, 3.8) is 0 Å². The summed E-state index contributed by atoms with van der Waals surface area (Å²) < 4.78 is 0. The molecule has 0 bridgehead atoms. The second kappa shape index (κ2) is 18.4. The topological polar surface area (TPSA) is 55.1 Å². The smallest absolute Gasteiger partial charge is 0.224 e. The van der Waals surface area contributed by atoms with Gasteiger partial charge in [-0.3, -0.25) is 4.79 Å². The summed E-state index contributed by atoms with van der Waals surface area (Å²) in [6.07, 6.45) is 29.3. The number of hydrogen-bond donors (Lipinski definition) is 2. The van der Waals surface area contributed by atoms with Crippen LogP contribution in [0.15, 0.2) is 85.0 Å². The number of nitrogens with two attached hydrogens (primary N) is 1. The molecule has 1 aromatic rings. The van der Waals surface area contributed by atoms with E-state index in [0.29, 0.717) is 13.0 Å². The Morgan fingerprint density at radius 2 is 1.30 bits per heavy atom. The number of benzene rings is 1. The van der Waals surface area contributed by atoms with Gasteiger partial charge in [0.05, 0.1) is 0 Å². The average molecular weight is 407 g/mol. The molecule has 0 heterocycles. The number of anilines is 1. The quantitative estimate of drug-likeness (QED) is 0.243. The summed E-state index contributed by atoms with van der Waals surface area (Å²) in [7, 11) is 0. The van der Waals surface area contributed by atoms with Gasteiger partial charge in [0.2, 0.25) is 5.91 Å². The van der Waals surface area contributed by atoms with Crippen LogP contribution in [0.2, 0.25) is 0 Å². The summed E-state index contributed by atoms with van der Waals surface area (Å²) in [6, 6.07) is 7.66. The van der Waals surface area contributed by atoms with Gasteiger partial charge in [-0.1, -0.05) is 79.8 Å². The Hall–Kier alpha value is -2.65. The van der Waals surface area contributed by atoms with Crippen molar-refractivity contribution < 1.29 is 4.79 Å². The first-order chi connectivity index (χ1) is 14.8. The Kier molecular flexibility index (Phi) is 15.6. The molecule has 0 aliphatic rings. The van der Waals surface area contributed by atoms with Gasteiger partial charge in [0.25, 0.3) is 0 Å². The molecule has 0 atom stereocenters. The average Bonchev–Trinajstić information content (AvgIpc) is 2.76. The number of amides is 1. The third-order valence-corrected chi connectivity index (χ3v) is 4.41. The molecule has 0 fully saturated rings. The largest absolute Gasteiger partial charge is 0.326 e. The third kappa shape index (κ3) is 14.4. The molecule has 1 amide bonds. The van der Waals surface area contributed by atoms with E-state index >= 15 is 0 Å². The van der Waals surface area contributed by atoms with Crippen LogP contribution < -0.4 is 11.1 Å². The predicted octanol–water partition coefficient (Wildman–Crippen LogP) is 7.01. The second-order valence-corrected chi connectivity index (χ2v) is 7.05. The normalized spacial score (nSPS) is 12.3. The van der Waals surface area contributed by atoms with Crippen molar-refractivity contribution >= 4 is 11.6 Å². The zero-order valence-electron chi connectivity index (χ0n) is 18.4.